The van der Waals surface area contributed by atoms with Gasteiger partial charge in [0.1, 0.15) is 12.2 Å². The molecule has 0 fully saturated rings. The predicted molar refractivity (Wildman–Crippen MR) is 67.7 cm³/mol. The van der Waals surface area contributed by atoms with Crippen molar-refractivity contribution in [2.24, 2.45) is 0 Å². The molecule has 0 aliphatic carbocycles. The van der Waals surface area contributed by atoms with Crippen LogP contribution >= 0.6 is 0 Å². The lowest BCUT2D eigenvalue weighted by Gasteiger charge is -2.04. The molecule has 0 spiro atoms. The summed E-state index contributed by atoms with van der Waals surface area (Å²) in [5.41, 5.74) is 0.804. The van der Waals surface area contributed by atoms with E-state index >= 15 is 0 Å². The molecule has 3 heterocycles. The van der Waals surface area contributed by atoms with Crippen molar-refractivity contribution in [1.29, 1.82) is 0 Å². The second-order valence-electron chi connectivity index (χ2n) is 4.00. The van der Waals surface area contributed by atoms with Crippen LogP contribution in [-0.2, 0) is 6.42 Å². The molecule has 3 aromatic rings. The van der Waals surface area contributed by atoms with Crippen molar-refractivity contribution in [3.8, 4) is 0 Å². The van der Waals surface area contributed by atoms with Crippen molar-refractivity contribution in [3.63, 3.8) is 0 Å². The van der Waals surface area contributed by atoms with Crippen LogP contribution in [0.2, 0.25) is 0 Å². The van der Waals surface area contributed by atoms with Crippen molar-refractivity contribution < 1.29 is 4.79 Å². The number of fused-ring (bicyclic) bond motifs is 1. The van der Waals surface area contributed by atoms with Crippen LogP contribution in [0, 0.1) is 0 Å². The molecule has 0 aromatic carbocycles. The summed E-state index contributed by atoms with van der Waals surface area (Å²) < 4.78 is 3.30. The summed E-state index contributed by atoms with van der Waals surface area (Å²) in [7, 11) is 0. The molecule has 7 nitrogen and oxygen atoms in total. The number of nitrogens with one attached hydrogen (secondary N) is 1. The summed E-state index contributed by atoms with van der Waals surface area (Å²) in [6, 6.07) is 5.52. The molecular formula is C12H12N6O. The monoisotopic (exact) mass is 256 g/mol. The molecule has 96 valence electrons. The lowest BCUT2D eigenvalue weighted by molar-refractivity contribution is 0.242. The molecule has 0 bridgehead atoms. The minimum Gasteiger partial charge on any atom is -0.337 e. The Labute approximate surface area is 108 Å². The van der Waals surface area contributed by atoms with E-state index in [0.717, 1.165) is 11.5 Å². The summed E-state index contributed by atoms with van der Waals surface area (Å²) >= 11 is 0. The Morgan fingerprint density at radius 1 is 1.26 bits per heavy atom. The van der Waals surface area contributed by atoms with Crippen molar-refractivity contribution in [1.82, 2.24) is 29.5 Å². The quantitative estimate of drug-likeness (QED) is 0.749. The molecule has 1 amide bonds. The summed E-state index contributed by atoms with van der Waals surface area (Å²) in [5, 5.41) is 10.9. The number of imidazole rings is 1. The van der Waals surface area contributed by atoms with Gasteiger partial charge in [0, 0.05) is 31.6 Å². The number of nitrogens with zero attached hydrogens (tertiary/aromatic N) is 5. The highest BCUT2D eigenvalue weighted by Gasteiger charge is 2.06. The standard InChI is InChI=1S/C12H12N6O/c19-12(17-8-6-13-9-17)14-5-4-11-16-15-10-3-1-2-7-18(10)11/h1-3,6-9H,4-5H2,(H,14,19). The van der Waals surface area contributed by atoms with Gasteiger partial charge in [-0.15, -0.1) is 10.2 Å². The molecule has 0 radical (unpaired) electrons. The van der Waals surface area contributed by atoms with E-state index < -0.39 is 0 Å². The number of carbonyl (C=O) groups excluding carboxylic acids is 1. The van der Waals surface area contributed by atoms with E-state index in [0.29, 0.717) is 13.0 Å². The zero-order valence-electron chi connectivity index (χ0n) is 10.1. The highest BCUT2D eigenvalue weighted by atomic mass is 16.2. The van der Waals surface area contributed by atoms with E-state index in [2.05, 4.69) is 20.5 Å². The lowest BCUT2D eigenvalue weighted by Crippen LogP contribution is -2.29. The Balaban J connectivity index is 1.62. The Morgan fingerprint density at radius 3 is 3.05 bits per heavy atom. The molecule has 0 aliphatic rings. The molecule has 0 aliphatic heterocycles. The van der Waals surface area contributed by atoms with Crippen LogP contribution in [0.25, 0.3) is 5.65 Å². The maximum absolute atomic E-state index is 11.7. The number of pyridine rings is 1. The van der Waals surface area contributed by atoms with Crippen LogP contribution in [-0.4, -0.2) is 36.7 Å². The predicted octanol–water partition coefficient (Wildman–Crippen LogP) is 0.726. The highest BCUT2D eigenvalue weighted by molar-refractivity contribution is 5.76. The van der Waals surface area contributed by atoms with Crippen LogP contribution in [0.4, 0.5) is 4.79 Å². The van der Waals surface area contributed by atoms with Gasteiger partial charge in [-0.05, 0) is 12.1 Å². The third kappa shape index (κ3) is 2.30. The van der Waals surface area contributed by atoms with Gasteiger partial charge in [0.05, 0.1) is 0 Å². The topological polar surface area (TPSA) is 77.1 Å². The third-order valence-electron chi connectivity index (χ3n) is 2.75. The molecule has 0 saturated heterocycles. The van der Waals surface area contributed by atoms with Gasteiger partial charge in [-0.1, -0.05) is 6.07 Å². The third-order valence-corrected chi connectivity index (χ3v) is 2.75. The van der Waals surface area contributed by atoms with Gasteiger partial charge in [0.2, 0.25) is 0 Å². The van der Waals surface area contributed by atoms with Crippen molar-refractivity contribution >= 4 is 11.7 Å². The largest absolute Gasteiger partial charge is 0.337 e. The number of aromatic nitrogens is 5. The molecule has 0 atom stereocenters. The SMILES string of the molecule is O=C(NCCc1nnc2ccccn12)n1ccnc1. The smallest absolute Gasteiger partial charge is 0.326 e. The van der Waals surface area contributed by atoms with Gasteiger partial charge < -0.3 is 5.32 Å². The van der Waals surface area contributed by atoms with Gasteiger partial charge in [0.25, 0.3) is 0 Å². The van der Waals surface area contributed by atoms with Crippen LogP contribution in [0.3, 0.4) is 0 Å². The zero-order valence-corrected chi connectivity index (χ0v) is 10.1. The molecule has 7 heteroatoms. The van der Waals surface area contributed by atoms with Gasteiger partial charge >= 0.3 is 6.03 Å². The van der Waals surface area contributed by atoms with E-state index in [1.165, 1.54) is 10.9 Å². The molecule has 1 N–H and O–H groups in total. The summed E-state index contributed by atoms with van der Waals surface area (Å²) in [6.07, 6.45) is 7.14. The summed E-state index contributed by atoms with van der Waals surface area (Å²) in [6.45, 7) is 0.493. The first-order valence-corrected chi connectivity index (χ1v) is 5.89. The fourth-order valence-electron chi connectivity index (χ4n) is 1.81. The molecule has 0 saturated carbocycles. The zero-order chi connectivity index (χ0) is 13.1. The molecular weight excluding hydrogens is 244 g/mol. The first kappa shape index (κ1) is 11.4. The second kappa shape index (κ2) is 4.89. The highest BCUT2D eigenvalue weighted by Crippen LogP contribution is 2.02. The van der Waals surface area contributed by atoms with Gasteiger partial charge in [-0.2, -0.15) is 0 Å². The first-order valence-electron chi connectivity index (χ1n) is 5.89. The fraction of sp³-hybridized carbons (Fsp3) is 0.167. The minimum atomic E-state index is -0.202. The van der Waals surface area contributed by atoms with Gasteiger partial charge in [0.15, 0.2) is 5.65 Å². The van der Waals surface area contributed by atoms with Crippen molar-refractivity contribution in [2.75, 3.05) is 6.54 Å². The Hall–Kier alpha value is -2.70. The normalized spacial score (nSPS) is 10.7. The Kier molecular flexibility index (Phi) is 2.93. The Bertz CT molecular complexity index is 687. The average molecular weight is 256 g/mol. The van der Waals surface area contributed by atoms with Crippen LogP contribution in [0.1, 0.15) is 5.82 Å². The lowest BCUT2D eigenvalue weighted by atomic mass is 10.4. The Morgan fingerprint density at radius 2 is 2.21 bits per heavy atom. The van der Waals surface area contributed by atoms with Gasteiger partial charge in [-0.3, -0.25) is 8.97 Å². The average Bonchev–Trinajstić information content (AvgIpc) is 3.08. The number of amides is 1. The second-order valence-corrected chi connectivity index (χ2v) is 4.00. The number of carbonyl (C=O) groups is 1. The van der Waals surface area contributed by atoms with Crippen LogP contribution in [0.15, 0.2) is 43.1 Å². The fourth-order valence-corrected chi connectivity index (χ4v) is 1.81. The molecule has 3 rings (SSSR count). The van der Waals surface area contributed by atoms with Crippen LogP contribution < -0.4 is 5.32 Å². The van der Waals surface area contributed by atoms with Gasteiger partial charge in [-0.25, -0.2) is 9.78 Å². The van der Waals surface area contributed by atoms with E-state index in [9.17, 15) is 4.79 Å². The number of hydrogen-bond donors (Lipinski definition) is 1. The molecule has 19 heavy (non-hydrogen) atoms. The maximum atomic E-state index is 11.7. The number of hydrogen-bond acceptors (Lipinski definition) is 4. The first-order chi connectivity index (χ1) is 9.34. The molecule has 0 unspecified atom stereocenters. The van der Waals surface area contributed by atoms with E-state index in [1.807, 2.05) is 28.8 Å². The summed E-state index contributed by atoms with van der Waals surface area (Å²) in [5.74, 6) is 0.821. The van der Waals surface area contributed by atoms with Crippen molar-refractivity contribution in [2.45, 2.75) is 6.42 Å². The van der Waals surface area contributed by atoms with E-state index in [4.69, 9.17) is 0 Å². The number of rotatable bonds is 3. The van der Waals surface area contributed by atoms with E-state index in [-0.39, 0.29) is 6.03 Å². The summed E-state index contributed by atoms with van der Waals surface area (Å²) in [4.78, 5) is 15.5. The van der Waals surface area contributed by atoms with E-state index in [1.54, 1.807) is 12.4 Å². The maximum Gasteiger partial charge on any atom is 0.326 e. The van der Waals surface area contributed by atoms with Crippen LogP contribution in [0.5, 0.6) is 0 Å². The van der Waals surface area contributed by atoms with Crippen molar-refractivity contribution in [3.05, 3.63) is 48.9 Å². The molecule has 3 aromatic heterocycles. The minimum absolute atomic E-state index is 0.202.